The molecule has 61 heavy (non-hydrogen) atoms. The van der Waals surface area contributed by atoms with Crippen LogP contribution in [0.2, 0.25) is 0 Å². The number of halogens is 2. The molecule has 8 nitrogen and oxygen atoms in total. The first-order valence-electron chi connectivity index (χ1n) is 22.3. The fourth-order valence-corrected chi connectivity index (χ4v) is 8.53. The van der Waals surface area contributed by atoms with Gasteiger partial charge in [-0.25, -0.2) is 19.9 Å². The van der Waals surface area contributed by atoms with Gasteiger partial charge in [0.15, 0.2) is 10.3 Å². The lowest BCUT2D eigenvalue weighted by Gasteiger charge is -2.11. The highest BCUT2D eigenvalue weighted by Gasteiger charge is 2.20. The minimum atomic E-state index is -0.626. The van der Waals surface area contributed by atoms with E-state index in [-0.39, 0.29) is 0 Å². The second-order valence-corrected chi connectivity index (χ2v) is 19.4. The topological polar surface area (TPSA) is 104 Å². The molecule has 12 heteroatoms. The summed E-state index contributed by atoms with van der Waals surface area (Å²) in [5.74, 6) is 2.97. The maximum Gasteiger partial charge on any atom is 0.329 e. The molecule has 0 aliphatic heterocycles. The Morgan fingerprint density at radius 1 is 0.492 bits per heavy atom. The number of esters is 2. The molecule has 2 aromatic carbocycles. The van der Waals surface area contributed by atoms with E-state index < -0.39 is 22.7 Å². The van der Waals surface area contributed by atoms with Crippen LogP contribution in [0.3, 0.4) is 0 Å². The average molecular weight is 912 g/mol. The molecule has 0 fully saturated rings. The third kappa shape index (κ3) is 22.1. The molecule has 334 valence electrons. The predicted molar refractivity (Wildman–Crippen MR) is 257 cm³/mol. The lowest BCUT2D eigenvalue weighted by Crippen LogP contribution is -2.22. The zero-order valence-corrected chi connectivity index (χ0v) is 40.4. The first kappa shape index (κ1) is 52.2. The minimum absolute atomic E-state index is 0.342. The second-order valence-electron chi connectivity index (χ2n) is 16.2. The molecule has 0 saturated heterocycles. The van der Waals surface area contributed by atoms with Crippen LogP contribution in [0.1, 0.15) is 138 Å². The fourth-order valence-electron chi connectivity index (χ4n) is 6.16. The molecule has 0 aliphatic rings. The Kier molecular flexibility index (Phi) is 26.3. The molecule has 2 atom stereocenters. The number of nitrogens with zero attached hydrogens (tertiary/aromatic N) is 4. The number of benzene rings is 2. The Balaban J connectivity index is 0.000000325. The molecule has 0 N–H and O–H groups in total. The third-order valence-corrected chi connectivity index (χ3v) is 12.3. The van der Waals surface area contributed by atoms with E-state index in [0.717, 1.165) is 44.1 Å². The van der Waals surface area contributed by atoms with Crippen molar-refractivity contribution in [3.63, 3.8) is 0 Å². The lowest BCUT2D eigenvalue weighted by molar-refractivity contribution is -0.135. The van der Waals surface area contributed by atoms with E-state index in [0.29, 0.717) is 36.2 Å². The summed E-state index contributed by atoms with van der Waals surface area (Å²) in [4.78, 5) is 42.0. The molecule has 0 saturated carbocycles. The molecule has 4 aromatic rings. The van der Waals surface area contributed by atoms with Gasteiger partial charge in [-0.1, -0.05) is 160 Å². The molecule has 2 aromatic heterocycles. The van der Waals surface area contributed by atoms with Crippen molar-refractivity contribution in [1.29, 1.82) is 0 Å². The summed E-state index contributed by atoms with van der Waals surface area (Å²) in [6, 6.07) is 14.7. The first-order valence-corrected chi connectivity index (χ1v) is 25.1. The summed E-state index contributed by atoms with van der Waals surface area (Å²) >= 11 is 15.6. The molecule has 0 spiro atoms. The summed E-state index contributed by atoms with van der Waals surface area (Å²) in [7, 11) is 0. The molecule has 0 bridgehead atoms. The fraction of sp³-hybridized carbons (Fsp3) is 0.551. The van der Waals surface area contributed by atoms with Crippen LogP contribution in [0.15, 0.2) is 83.6 Å². The van der Waals surface area contributed by atoms with Crippen molar-refractivity contribution in [2.75, 3.05) is 11.5 Å². The lowest BCUT2D eigenvalue weighted by atomic mass is 10.1. The van der Waals surface area contributed by atoms with Crippen LogP contribution in [0.5, 0.6) is 11.5 Å². The van der Waals surface area contributed by atoms with Crippen molar-refractivity contribution in [2.24, 2.45) is 11.8 Å². The van der Waals surface area contributed by atoms with Gasteiger partial charge in [-0.15, -0.1) is 23.2 Å². The number of alkyl halides is 2. The van der Waals surface area contributed by atoms with Gasteiger partial charge in [0.25, 0.3) is 0 Å². The van der Waals surface area contributed by atoms with Gasteiger partial charge >= 0.3 is 11.9 Å². The van der Waals surface area contributed by atoms with Gasteiger partial charge in [-0.2, -0.15) is 0 Å². The monoisotopic (exact) mass is 910 g/mol. The number of rotatable bonds is 27. The molecular formula is C49H68Cl2N4O4S2. The van der Waals surface area contributed by atoms with Crippen LogP contribution in [0, 0.1) is 11.8 Å². The summed E-state index contributed by atoms with van der Waals surface area (Å²) in [6.45, 7) is 12.6. The van der Waals surface area contributed by atoms with E-state index in [1.807, 2.05) is 76.7 Å². The van der Waals surface area contributed by atoms with Gasteiger partial charge in [0.1, 0.15) is 22.3 Å². The highest BCUT2D eigenvalue weighted by atomic mass is 35.5. The number of aromatic nitrogens is 4. The van der Waals surface area contributed by atoms with Gasteiger partial charge in [0.05, 0.1) is 0 Å². The maximum atomic E-state index is 12.1. The van der Waals surface area contributed by atoms with Gasteiger partial charge in [-0.3, -0.25) is 9.59 Å². The average Bonchev–Trinajstić information content (AvgIpc) is 3.25. The second kappa shape index (κ2) is 30.8. The van der Waals surface area contributed by atoms with E-state index >= 15 is 0 Å². The van der Waals surface area contributed by atoms with Crippen molar-refractivity contribution >= 4 is 58.7 Å². The smallest absolute Gasteiger partial charge is 0.329 e. The number of thioether (sulfide) groups is 2. The molecule has 4 rings (SSSR count). The third-order valence-electron chi connectivity index (χ3n) is 9.64. The maximum absolute atomic E-state index is 12.1. The van der Waals surface area contributed by atoms with Gasteiger partial charge in [-0.05, 0) is 72.9 Å². The zero-order valence-electron chi connectivity index (χ0n) is 37.3. The normalized spacial score (nSPS) is 12.2. The Morgan fingerprint density at radius 3 is 1.11 bits per heavy atom. The van der Waals surface area contributed by atoms with Crippen LogP contribution in [-0.4, -0.2) is 54.1 Å². The van der Waals surface area contributed by atoms with E-state index in [9.17, 15) is 9.59 Å². The van der Waals surface area contributed by atoms with E-state index in [4.69, 9.17) is 32.7 Å². The molecule has 0 amide bonds. The molecule has 0 aliphatic carbocycles. The van der Waals surface area contributed by atoms with Crippen LogP contribution >= 0.6 is 46.7 Å². The van der Waals surface area contributed by atoms with E-state index in [2.05, 4.69) is 33.8 Å². The number of hydrogen-bond acceptors (Lipinski definition) is 10. The zero-order chi connectivity index (χ0) is 44.2. The highest BCUT2D eigenvalue weighted by Crippen LogP contribution is 2.26. The predicted octanol–water partition coefficient (Wildman–Crippen LogP) is 14.7. The van der Waals surface area contributed by atoms with Crippen LogP contribution in [0.25, 0.3) is 22.3 Å². The Bertz CT molecular complexity index is 1780. The summed E-state index contributed by atoms with van der Waals surface area (Å²) in [5, 5.41) is 0.383. The standard InChI is InChI=1S/C25H35ClN2O2S.C24H33ClN2O2S/c1-4-5-6-7-8-9-10-15-31-25-27-17-21(18-28-25)20-11-13-22(14-12-20)30-24(29)23(26)16-19(2)3;1-4-5-6-7-8-9-14-30-24-26-16-20(17-27-24)19-10-12-21(13-11-19)29-23(28)22(25)15-18(2)3/h11-14,17-19,23H,4-10,15-16H2,1-3H3;10-13,16-18,22H,4-9,14-15H2,1-3H3/t23-;22-/m00/s1. The number of hydrogen-bond donors (Lipinski definition) is 0. The van der Waals surface area contributed by atoms with Crippen LogP contribution in [0.4, 0.5) is 0 Å². The van der Waals surface area contributed by atoms with E-state index in [1.54, 1.807) is 47.8 Å². The van der Waals surface area contributed by atoms with Crippen molar-refractivity contribution in [3.8, 4) is 33.8 Å². The first-order chi connectivity index (χ1) is 29.5. The Labute approximate surface area is 384 Å². The van der Waals surface area contributed by atoms with Crippen molar-refractivity contribution < 1.29 is 19.1 Å². The quantitative estimate of drug-likeness (QED) is 0.0143. The summed E-state index contributed by atoms with van der Waals surface area (Å²) in [5.41, 5.74) is 3.83. The number of carbonyl (C=O) groups excluding carboxylic acids is 2. The SMILES string of the molecule is CCCCCCCCCSc1ncc(-c2ccc(OC(=O)[C@@H](Cl)CC(C)C)cc2)cn1.CCCCCCCCSc1ncc(-c2ccc(OC(=O)[C@@H](Cl)CC(C)C)cc2)cn1. The number of carbonyl (C=O) groups is 2. The minimum Gasteiger partial charge on any atom is -0.425 e. The summed E-state index contributed by atoms with van der Waals surface area (Å²) < 4.78 is 10.7. The Morgan fingerprint density at radius 2 is 0.803 bits per heavy atom. The Hall–Kier alpha value is -3.18. The van der Waals surface area contributed by atoms with Crippen LogP contribution < -0.4 is 9.47 Å². The van der Waals surface area contributed by atoms with Gasteiger partial charge in [0.2, 0.25) is 0 Å². The number of ether oxygens (including phenoxy) is 2. The number of unbranched alkanes of at least 4 members (excludes halogenated alkanes) is 11. The molecule has 0 unspecified atom stereocenters. The van der Waals surface area contributed by atoms with Gasteiger partial charge in [0, 0.05) is 47.4 Å². The van der Waals surface area contributed by atoms with Crippen molar-refractivity contribution in [2.45, 2.75) is 159 Å². The molecular weight excluding hydrogens is 844 g/mol. The molecule has 0 radical (unpaired) electrons. The van der Waals surface area contributed by atoms with Crippen molar-refractivity contribution in [1.82, 2.24) is 19.9 Å². The largest absolute Gasteiger partial charge is 0.425 e. The van der Waals surface area contributed by atoms with Crippen LogP contribution in [-0.2, 0) is 9.59 Å². The molecule has 2 heterocycles. The highest BCUT2D eigenvalue weighted by molar-refractivity contribution is 7.99. The van der Waals surface area contributed by atoms with Crippen molar-refractivity contribution in [3.05, 3.63) is 73.3 Å². The summed E-state index contributed by atoms with van der Waals surface area (Å²) in [6.07, 6.45) is 25.5. The van der Waals surface area contributed by atoms with E-state index in [1.165, 1.54) is 83.5 Å². The van der Waals surface area contributed by atoms with Gasteiger partial charge < -0.3 is 9.47 Å².